The Labute approximate surface area is 227 Å². The van der Waals surface area contributed by atoms with Gasteiger partial charge in [0.05, 0.1) is 31.2 Å². The van der Waals surface area contributed by atoms with Gasteiger partial charge in [0.25, 0.3) is 0 Å². The summed E-state index contributed by atoms with van der Waals surface area (Å²) in [4.78, 5) is 14.0. The van der Waals surface area contributed by atoms with Crippen molar-refractivity contribution >= 4 is 44.4 Å². The van der Waals surface area contributed by atoms with Crippen molar-refractivity contribution in [1.82, 2.24) is 9.62 Å². The third kappa shape index (κ3) is 6.77. The lowest BCUT2D eigenvalue weighted by atomic mass is 10.0. The molecular weight excluding hydrogens is 520 g/mol. The molecule has 206 valence electrons. The standard InChI is InChI=1S/C27H32N6O5S/c1-3-37-27(34)31-39(35,36)33(16-19-4-5-20-6-7-21(26(29)30)15-22(20)14-19)23-8-10-24(11-9-23)38-25-12-13-32(17-25)18(2)28/h4-11,14-15,25,28H,3,12-13,16-17H2,1-2H3,(H3,29,30)(H,31,34)/t25-/m0/s1. The number of carbonyl (C=O) groups excluding carboxylic acids is 1. The van der Waals surface area contributed by atoms with Crippen LogP contribution in [0.3, 0.4) is 0 Å². The van der Waals surface area contributed by atoms with E-state index in [1.807, 2.05) is 27.8 Å². The molecule has 0 bridgehead atoms. The fraction of sp³-hybridized carbons (Fsp3) is 0.296. The summed E-state index contributed by atoms with van der Waals surface area (Å²) in [6.45, 7) is 4.64. The second-order valence-electron chi connectivity index (χ2n) is 9.20. The molecule has 1 fully saturated rings. The van der Waals surface area contributed by atoms with Crippen molar-refractivity contribution in [3.8, 4) is 5.75 Å². The number of carbonyl (C=O) groups is 1. The number of fused-ring (bicyclic) bond motifs is 1. The smallest absolute Gasteiger partial charge is 0.422 e. The Kier molecular flexibility index (Phi) is 8.24. The summed E-state index contributed by atoms with van der Waals surface area (Å²) in [5.74, 6) is 1.01. The SMILES string of the molecule is CCOC(=O)NS(=O)(=O)N(Cc1ccc2ccc(C(=N)N)cc2c1)c1ccc(O[C@H]2CCN(C(C)=N)C2)cc1. The van der Waals surface area contributed by atoms with E-state index in [2.05, 4.69) is 0 Å². The highest BCUT2D eigenvalue weighted by Crippen LogP contribution is 2.27. The zero-order chi connectivity index (χ0) is 28.2. The number of nitrogen functional groups attached to an aromatic ring is 1. The summed E-state index contributed by atoms with van der Waals surface area (Å²) in [6.07, 6.45) is -0.354. The summed E-state index contributed by atoms with van der Waals surface area (Å²) in [7, 11) is -4.34. The van der Waals surface area contributed by atoms with Crippen LogP contribution in [-0.4, -0.2) is 56.9 Å². The Hall–Kier alpha value is -4.32. The molecule has 3 aromatic carbocycles. The maximum absolute atomic E-state index is 13.3. The number of rotatable bonds is 9. The van der Waals surface area contributed by atoms with Gasteiger partial charge in [-0.3, -0.25) is 10.8 Å². The Balaban J connectivity index is 1.61. The normalized spacial score (nSPS) is 15.1. The predicted molar refractivity (Wildman–Crippen MR) is 151 cm³/mol. The summed E-state index contributed by atoms with van der Waals surface area (Å²) in [5, 5.41) is 17.2. The van der Waals surface area contributed by atoms with Crippen LogP contribution in [0.25, 0.3) is 10.8 Å². The molecule has 12 heteroatoms. The molecule has 3 aromatic rings. The first-order valence-corrected chi connectivity index (χ1v) is 13.9. The van der Waals surface area contributed by atoms with Crippen molar-refractivity contribution in [3.05, 3.63) is 71.8 Å². The lowest BCUT2D eigenvalue weighted by Gasteiger charge is -2.25. The number of ether oxygens (including phenoxy) is 2. The molecular formula is C27H32N6O5S. The topological polar surface area (TPSA) is 162 Å². The lowest BCUT2D eigenvalue weighted by Crippen LogP contribution is -2.43. The van der Waals surface area contributed by atoms with Crippen LogP contribution < -0.4 is 19.5 Å². The fourth-order valence-corrected chi connectivity index (χ4v) is 5.47. The number of hydrogen-bond acceptors (Lipinski definition) is 7. The Morgan fingerprint density at radius 1 is 1.10 bits per heavy atom. The maximum Gasteiger partial charge on any atom is 0.422 e. The number of hydrogen-bond donors (Lipinski definition) is 4. The van der Waals surface area contributed by atoms with Crippen LogP contribution >= 0.6 is 0 Å². The predicted octanol–water partition coefficient (Wildman–Crippen LogP) is 3.57. The maximum atomic E-state index is 13.3. The average molecular weight is 553 g/mol. The van der Waals surface area contributed by atoms with Gasteiger partial charge in [-0.2, -0.15) is 8.42 Å². The molecule has 0 aliphatic carbocycles. The van der Waals surface area contributed by atoms with Gasteiger partial charge in [0, 0.05) is 18.5 Å². The minimum Gasteiger partial charge on any atom is -0.489 e. The van der Waals surface area contributed by atoms with Crippen LogP contribution in [0.4, 0.5) is 10.5 Å². The first-order valence-electron chi connectivity index (χ1n) is 12.5. The van der Waals surface area contributed by atoms with Crippen molar-refractivity contribution in [2.45, 2.75) is 32.9 Å². The molecule has 1 atom stereocenters. The van der Waals surface area contributed by atoms with E-state index in [-0.39, 0.29) is 25.1 Å². The molecule has 1 aliphatic rings. The van der Waals surface area contributed by atoms with Gasteiger partial charge in [-0.1, -0.05) is 24.3 Å². The molecule has 5 N–H and O–H groups in total. The van der Waals surface area contributed by atoms with Crippen molar-refractivity contribution in [2.75, 3.05) is 24.0 Å². The molecule has 1 heterocycles. The zero-order valence-electron chi connectivity index (χ0n) is 21.8. The number of anilines is 1. The second-order valence-corrected chi connectivity index (χ2v) is 10.8. The Morgan fingerprint density at radius 2 is 1.82 bits per heavy atom. The summed E-state index contributed by atoms with van der Waals surface area (Å²) in [5.41, 5.74) is 7.17. The number of nitrogens with one attached hydrogen (secondary N) is 3. The van der Waals surface area contributed by atoms with Gasteiger partial charge < -0.3 is 20.1 Å². The molecule has 0 spiro atoms. The highest BCUT2D eigenvalue weighted by Gasteiger charge is 2.27. The van der Waals surface area contributed by atoms with E-state index in [0.717, 1.165) is 28.0 Å². The van der Waals surface area contributed by atoms with Gasteiger partial charge in [-0.05, 0) is 66.6 Å². The number of likely N-dealkylation sites (tertiary alicyclic amines) is 1. The molecule has 0 unspecified atom stereocenters. The largest absolute Gasteiger partial charge is 0.489 e. The van der Waals surface area contributed by atoms with Gasteiger partial charge >= 0.3 is 16.3 Å². The highest BCUT2D eigenvalue weighted by atomic mass is 32.2. The number of amides is 1. The first kappa shape index (κ1) is 27.7. The van der Waals surface area contributed by atoms with E-state index in [1.165, 1.54) is 0 Å². The number of nitrogens with zero attached hydrogens (tertiary/aromatic N) is 2. The minimum atomic E-state index is -4.34. The molecule has 11 nitrogen and oxygen atoms in total. The van der Waals surface area contributed by atoms with Crippen molar-refractivity contribution < 1.29 is 22.7 Å². The average Bonchev–Trinajstić information content (AvgIpc) is 3.36. The van der Waals surface area contributed by atoms with Crippen LogP contribution in [0.15, 0.2) is 60.7 Å². The molecule has 1 saturated heterocycles. The number of amidine groups is 2. The van der Waals surface area contributed by atoms with Crippen molar-refractivity contribution in [3.63, 3.8) is 0 Å². The number of benzene rings is 3. The van der Waals surface area contributed by atoms with Gasteiger partial charge in [0.15, 0.2) is 0 Å². The third-order valence-corrected chi connectivity index (χ3v) is 7.71. The van der Waals surface area contributed by atoms with E-state index in [0.29, 0.717) is 34.9 Å². The lowest BCUT2D eigenvalue weighted by molar-refractivity contribution is 0.158. The van der Waals surface area contributed by atoms with Crippen molar-refractivity contribution in [2.24, 2.45) is 5.73 Å². The second kappa shape index (κ2) is 11.6. The van der Waals surface area contributed by atoms with Crippen LogP contribution in [-0.2, 0) is 21.5 Å². The Bertz CT molecular complexity index is 1490. The van der Waals surface area contributed by atoms with Crippen LogP contribution in [0.2, 0.25) is 0 Å². The first-order chi connectivity index (χ1) is 18.6. The van der Waals surface area contributed by atoms with Crippen LogP contribution in [0, 0.1) is 10.8 Å². The van der Waals surface area contributed by atoms with Crippen molar-refractivity contribution in [1.29, 1.82) is 10.8 Å². The molecule has 0 saturated carbocycles. The summed E-state index contributed by atoms with van der Waals surface area (Å²) in [6, 6.07) is 17.4. The minimum absolute atomic E-state index is 0.0205. The van der Waals surface area contributed by atoms with Gasteiger partial charge in [0.2, 0.25) is 0 Å². The molecule has 0 radical (unpaired) electrons. The van der Waals surface area contributed by atoms with E-state index in [4.69, 9.17) is 26.0 Å². The van der Waals surface area contributed by atoms with Gasteiger partial charge in [0.1, 0.15) is 17.7 Å². The summed E-state index contributed by atoms with van der Waals surface area (Å²) < 4.78 is 40.5. The molecule has 0 aromatic heterocycles. The third-order valence-electron chi connectivity index (χ3n) is 6.37. The van der Waals surface area contributed by atoms with E-state index in [9.17, 15) is 13.2 Å². The molecule has 39 heavy (non-hydrogen) atoms. The van der Waals surface area contributed by atoms with Gasteiger partial charge in [-0.25, -0.2) is 13.8 Å². The zero-order valence-corrected chi connectivity index (χ0v) is 22.6. The fourth-order valence-electron chi connectivity index (χ4n) is 4.38. The Morgan fingerprint density at radius 3 is 2.46 bits per heavy atom. The molecule has 4 rings (SSSR count). The van der Waals surface area contributed by atoms with E-state index >= 15 is 0 Å². The summed E-state index contributed by atoms with van der Waals surface area (Å²) >= 11 is 0. The molecule has 1 amide bonds. The quantitative estimate of drug-likeness (QED) is 0.233. The van der Waals surface area contributed by atoms with E-state index < -0.39 is 16.3 Å². The molecule has 1 aliphatic heterocycles. The monoisotopic (exact) mass is 552 g/mol. The van der Waals surface area contributed by atoms with Crippen LogP contribution in [0.5, 0.6) is 5.75 Å². The van der Waals surface area contributed by atoms with E-state index in [1.54, 1.807) is 56.3 Å². The van der Waals surface area contributed by atoms with Gasteiger partial charge in [-0.15, -0.1) is 0 Å². The number of nitrogens with two attached hydrogens (primary N) is 1. The van der Waals surface area contributed by atoms with Crippen LogP contribution in [0.1, 0.15) is 31.4 Å². The highest BCUT2D eigenvalue weighted by molar-refractivity contribution is 7.91.